The number of Topliss-reactive ketones (excluding diaryl/α,β-unsaturated/α-hetero) is 1. The van der Waals surface area contributed by atoms with Crippen molar-refractivity contribution in [2.75, 3.05) is 12.4 Å². The summed E-state index contributed by atoms with van der Waals surface area (Å²) in [6.07, 6.45) is 3.49. The standard InChI is InChI=1S/C27H40ClN3O5/c1-17(2)13-22(26(34)30-21(23(32)16-28)15-20-11-12-29-25(20)33)31-27(35)36-24-10-6-9-19(24)14-18-7-4-3-5-8-18/h3-5,7-8,17,19-22,24-25,29,33H,6,9-16H2,1-2H3,(H,30,34)(H,31,35)/t19?,20-,21-,22-,24?,25?/m0/s1. The van der Waals surface area contributed by atoms with Crippen molar-refractivity contribution in [1.29, 1.82) is 0 Å². The Morgan fingerprint density at radius 3 is 2.47 bits per heavy atom. The zero-order valence-electron chi connectivity index (χ0n) is 21.3. The number of halogens is 1. The van der Waals surface area contributed by atoms with Crippen molar-refractivity contribution >= 4 is 29.4 Å². The molecule has 0 aromatic heterocycles. The maximum Gasteiger partial charge on any atom is 0.408 e. The largest absolute Gasteiger partial charge is 0.446 e. The molecule has 36 heavy (non-hydrogen) atoms. The number of ether oxygens (including phenoxy) is 1. The van der Waals surface area contributed by atoms with Gasteiger partial charge in [-0.2, -0.15) is 0 Å². The molecule has 3 unspecified atom stereocenters. The molecule has 0 spiro atoms. The van der Waals surface area contributed by atoms with E-state index < -0.39 is 30.3 Å². The van der Waals surface area contributed by atoms with Gasteiger partial charge < -0.3 is 20.5 Å². The van der Waals surface area contributed by atoms with E-state index in [0.717, 1.165) is 25.7 Å². The minimum atomic E-state index is -0.844. The van der Waals surface area contributed by atoms with E-state index in [9.17, 15) is 19.5 Å². The molecule has 2 fully saturated rings. The molecule has 2 amide bonds. The van der Waals surface area contributed by atoms with Crippen LogP contribution < -0.4 is 16.0 Å². The van der Waals surface area contributed by atoms with Gasteiger partial charge in [0.1, 0.15) is 18.4 Å². The lowest BCUT2D eigenvalue weighted by Gasteiger charge is -2.26. The summed E-state index contributed by atoms with van der Waals surface area (Å²) in [6, 6.07) is 8.49. The van der Waals surface area contributed by atoms with Crippen molar-refractivity contribution in [3.05, 3.63) is 35.9 Å². The van der Waals surface area contributed by atoms with Crippen molar-refractivity contribution in [2.24, 2.45) is 17.8 Å². The first-order valence-corrected chi connectivity index (χ1v) is 13.6. The smallest absolute Gasteiger partial charge is 0.408 e. The van der Waals surface area contributed by atoms with Crippen LogP contribution in [0.4, 0.5) is 4.79 Å². The van der Waals surface area contributed by atoms with Crippen LogP contribution in [0.3, 0.4) is 0 Å². The van der Waals surface area contributed by atoms with Gasteiger partial charge in [-0.25, -0.2) is 4.79 Å². The van der Waals surface area contributed by atoms with Crippen molar-refractivity contribution in [2.45, 2.75) is 83.2 Å². The van der Waals surface area contributed by atoms with Gasteiger partial charge in [0.05, 0.1) is 11.9 Å². The highest BCUT2D eigenvalue weighted by atomic mass is 35.5. The first-order valence-electron chi connectivity index (χ1n) is 13.1. The van der Waals surface area contributed by atoms with Crippen LogP contribution in [0.15, 0.2) is 30.3 Å². The second-order valence-corrected chi connectivity index (χ2v) is 10.8. The van der Waals surface area contributed by atoms with Gasteiger partial charge in [0.2, 0.25) is 5.91 Å². The number of carbonyl (C=O) groups is 3. The first-order chi connectivity index (χ1) is 17.3. The Balaban J connectivity index is 1.60. The monoisotopic (exact) mass is 521 g/mol. The van der Waals surface area contributed by atoms with E-state index in [1.807, 2.05) is 32.0 Å². The van der Waals surface area contributed by atoms with E-state index >= 15 is 0 Å². The molecule has 1 aliphatic carbocycles. The van der Waals surface area contributed by atoms with Crippen molar-refractivity contribution in [3.63, 3.8) is 0 Å². The predicted octanol–water partition coefficient (Wildman–Crippen LogP) is 3.15. The van der Waals surface area contributed by atoms with E-state index in [-0.39, 0.29) is 41.9 Å². The number of benzene rings is 1. The molecule has 8 nitrogen and oxygen atoms in total. The summed E-state index contributed by atoms with van der Waals surface area (Å²) < 4.78 is 5.79. The highest BCUT2D eigenvalue weighted by Gasteiger charge is 2.34. The molecule has 1 aromatic rings. The van der Waals surface area contributed by atoms with E-state index in [1.165, 1.54) is 5.56 Å². The second-order valence-electron chi connectivity index (χ2n) is 10.5. The molecule has 4 N–H and O–H groups in total. The van der Waals surface area contributed by atoms with Crippen LogP contribution in [0.25, 0.3) is 0 Å². The van der Waals surface area contributed by atoms with Gasteiger partial charge in [-0.3, -0.25) is 14.9 Å². The quantitative estimate of drug-likeness (QED) is 0.314. The minimum absolute atomic E-state index is 0.126. The van der Waals surface area contributed by atoms with Crippen LogP contribution in [0, 0.1) is 17.8 Å². The van der Waals surface area contributed by atoms with Crippen LogP contribution >= 0.6 is 11.6 Å². The zero-order valence-corrected chi connectivity index (χ0v) is 22.0. The maximum atomic E-state index is 13.2. The van der Waals surface area contributed by atoms with Gasteiger partial charge >= 0.3 is 6.09 Å². The molecule has 0 bridgehead atoms. The summed E-state index contributed by atoms with van der Waals surface area (Å²) in [5, 5.41) is 18.5. The molecule has 3 rings (SSSR count). The molecule has 0 radical (unpaired) electrons. The molecule has 1 saturated carbocycles. The fourth-order valence-electron chi connectivity index (χ4n) is 5.25. The third kappa shape index (κ3) is 8.46. The van der Waals surface area contributed by atoms with Crippen LogP contribution in [0.5, 0.6) is 0 Å². The number of amides is 2. The number of rotatable bonds is 12. The van der Waals surface area contributed by atoms with E-state index in [2.05, 4.69) is 28.1 Å². The fraction of sp³-hybridized carbons (Fsp3) is 0.667. The van der Waals surface area contributed by atoms with E-state index in [0.29, 0.717) is 19.4 Å². The zero-order chi connectivity index (χ0) is 26.1. The number of alkyl carbamates (subject to hydrolysis) is 1. The maximum absolute atomic E-state index is 13.2. The van der Waals surface area contributed by atoms with Crippen molar-refractivity contribution < 1.29 is 24.2 Å². The lowest BCUT2D eigenvalue weighted by molar-refractivity contribution is -0.128. The number of ketones is 1. The van der Waals surface area contributed by atoms with Crippen LogP contribution in [0.2, 0.25) is 0 Å². The number of carbonyl (C=O) groups excluding carboxylic acids is 3. The Kier molecular flexibility index (Phi) is 11.0. The summed E-state index contributed by atoms with van der Waals surface area (Å²) in [7, 11) is 0. The lowest BCUT2D eigenvalue weighted by atomic mass is 9.95. The van der Waals surface area contributed by atoms with Gasteiger partial charge in [-0.05, 0) is 63.0 Å². The van der Waals surface area contributed by atoms with Gasteiger partial charge in [-0.15, -0.1) is 11.6 Å². The van der Waals surface area contributed by atoms with Crippen LogP contribution in [-0.2, 0) is 20.7 Å². The fourth-order valence-corrected chi connectivity index (χ4v) is 5.44. The molecule has 1 saturated heterocycles. The number of aliphatic hydroxyl groups excluding tert-OH is 1. The average Bonchev–Trinajstić information content (AvgIpc) is 3.46. The number of nitrogens with one attached hydrogen (secondary N) is 3. The molecule has 2 aliphatic rings. The third-order valence-corrected chi connectivity index (χ3v) is 7.46. The van der Waals surface area contributed by atoms with E-state index in [1.54, 1.807) is 0 Å². The molecule has 9 heteroatoms. The minimum Gasteiger partial charge on any atom is -0.446 e. The predicted molar refractivity (Wildman–Crippen MR) is 139 cm³/mol. The molecule has 1 aromatic carbocycles. The molecule has 200 valence electrons. The van der Waals surface area contributed by atoms with Crippen LogP contribution in [-0.4, -0.2) is 59.7 Å². The number of alkyl halides is 1. The summed E-state index contributed by atoms with van der Waals surface area (Å²) in [4.78, 5) is 38.5. The summed E-state index contributed by atoms with van der Waals surface area (Å²) in [6.45, 7) is 4.57. The highest BCUT2D eigenvalue weighted by molar-refractivity contribution is 6.28. The third-order valence-electron chi connectivity index (χ3n) is 7.19. The highest BCUT2D eigenvalue weighted by Crippen LogP contribution is 2.31. The average molecular weight is 522 g/mol. The lowest BCUT2D eigenvalue weighted by Crippen LogP contribution is -2.53. The molecular formula is C27H40ClN3O5. The molecule has 1 heterocycles. The molecule has 6 atom stereocenters. The molecular weight excluding hydrogens is 482 g/mol. The Labute approximate surface area is 218 Å². The first kappa shape index (κ1) is 28.4. The SMILES string of the molecule is CC(C)C[C@H](NC(=O)OC1CCCC1Cc1ccccc1)C(=O)N[C@@H](C[C@@H]1CCNC1O)C(=O)CCl. The normalized spacial score (nSPS) is 25.4. The summed E-state index contributed by atoms with van der Waals surface area (Å²) in [5.74, 6) is -0.792. The van der Waals surface area contributed by atoms with Crippen LogP contribution in [0.1, 0.15) is 57.9 Å². The Hall–Kier alpha value is -2.16. The topological polar surface area (TPSA) is 117 Å². The summed E-state index contributed by atoms with van der Waals surface area (Å²) >= 11 is 5.80. The number of hydrogen-bond acceptors (Lipinski definition) is 6. The summed E-state index contributed by atoms with van der Waals surface area (Å²) in [5.41, 5.74) is 1.22. The number of hydrogen-bond donors (Lipinski definition) is 4. The Bertz CT molecular complexity index is 868. The van der Waals surface area contributed by atoms with Crippen molar-refractivity contribution in [1.82, 2.24) is 16.0 Å². The van der Waals surface area contributed by atoms with Gasteiger partial charge in [0, 0.05) is 11.8 Å². The van der Waals surface area contributed by atoms with E-state index in [4.69, 9.17) is 16.3 Å². The van der Waals surface area contributed by atoms with Gasteiger partial charge in [-0.1, -0.05) is 44.2 Å². The van der Waals surface area contributed by atoms with Gasteiger partial charge in [0.15, 0.2) is 5.78 Å². The Morgan fingerprint density at radius 2 is 1.83 bits per heavy atom. The number of aliphatic hydroxyl groups is 1. The van der Waals surface area contributed by atoms with Gasteiger partial charge in [0.25, 0.3) is 0 Å². The molecule has 1 aliphatic heterocycles. The second kappa shape index (κ2) is 14.0. The van der Waals surface area contributed by atoms with Crippen molar-refractivity contribution in [3.8, 4) is 0 Å². The Morgan fingerprint density at radius 1 is 1.08 bits per heavy atom.